The van der Waals surface area contributed by atoms with Gasteiger partial charge in [0, 0.05) is 18.0 Å². The molecule has 2 unspecified atom stereocenters. The highest BCUT2D eigenvalue weighted by atomic mass is 32.1. The summed E-state index contributed by atoms with van der Waals surface area (Å²) in [6.07, 6.45) is 5.33. The number of hydrogen-bond acceptors (Lipinski definition) is 4. The summed E-state index contributed by atoms with van der Waals surface area (Å²) in [7, 11) is 2.10. The first-order chi connectivity index (χ1) is 8.20. The molecule has 1 N–H and O–H groups in total. The van der Waals surface area contributed by atoms with Crippen molar-refractivity contribution < 1.29 is 5.11 Å². The van der Waals surface area contributed by atoms with Crippen molar-refractivity contribution in [1.29, 1.82) is 0 Å². The Morgan fingerprint density at radius 1 is 1.47 bits per heavy atom. The molecule has 1 aromatic heterocycles. The summed E-state index contributed by atoms with van der Waals surface area (Å²) in [4.78, 5) is 6.85. The average Bonchev–Trinajstić information content (AvgIpc) is 2.77. The van der Waals surface area contributed by atoms with E-state index in [9.17, 15) is 5.11 Å². The minimum atomic E-state index is -0.155. The number of thiazole rings is 1. The molecule has 1 aromatic rings. The zero-order chi connectivity index (χ0) is 12.3. The molecule has 0 aromatic carbocycles. The van der Waals surface area contributed by atoms with Crippen LogP contribution in [0, 0.1) is 0 Å². The predicted molar refractivity (Wildman–Crippen MR) is 71.2 cm³/mol. The minimum Gasteiger partial charge on any atom is -0.391 e. The first-order valence-corrected chi connectivity index (χ1v) is 7.40. The Kier molecular flexibility index (Phi) is 4.54. The van der Waals surface area contributed by atoms with Gasteiger partial charge in [-0.05, 0) is 26.3 Å². The van der Waals surface area contributed by atoms with Crippen molar-refractivity contribution in [2.24, 2.45) is 0 Å². The lowest BCUT2D eigenvalue weighted by atomic mass is 9.91. The van der Waals surface area contributed by atoms with Gasteiger partial charge in [0.25, 0.3) is 0 Å². The van der Waals surface area contributed by atoms with Crippen LogP contribution in [0.5, 0.6) is 0 Å². The molecule has 96 valence electrons. The lowest BCUT2D eigenvalue weighted by molar-refractivity contribution is 0.0284. The van der Waals surface area contributed by atoms with Crippen LogP contribution in [0.15, 0.2) is 5.38 Å². The Morgan fingerprint density at radius 2 is 2.24 bits per heavy atom. The predicted octanol–water partition coefficient (Wildman–Crippen LogP) is 2.44. The number of aliphatic hydroxyl groups is 1. The van der Waals surface area contributed by atoms with Crippen LogP contribution in [0.2, 0.25) is 0 Å². The van der Waals surface area contributed by atoms with Crippen LogP contribution < -0.4 is 0 Å². The van der Waals surface area contributed by atoms with Crippen LogP contribution in [0.4, 0.5) is 0 Å². The lowest BCUT2D eigenvalue weighted by Gasteiger charge is -2.34. The Labute approximate surface area is 107 Å². The van der Waals surface area contributed by atoms with E-state index in [-0.39, 0.29) is 6.10 Å². The third-order valence-corrected chi connectivity index (χ3v) is 4.62. The van der Waals surface area contributed by atoms with Crippen molar-refractivity contribution in [3.63, 3.8) is 0 Å². The summed E-state index contributed by atoms with van der Waals surface area (Å²) in [5, 5.41) is 13.4. The Hall–Kier alpha value is -0.450. The zero-order valence-electron chi connectivity index (χ0n) is 10.7. The van der Waals surface area contributed by atoms with Gasteiger partial charge in [-0.25, -0.2) is 4.98 Å². The number of aryl methyl sites for hydroxylation is 1. The Balaban J connectivity index is 1.93. The fourth-order valence-corrected chi connectivity index (χ4v) is 3.30. The molecular formula is C13H22N2OS. The van der Waals surface area contributed by atoms with E-state index >= 15 is 0 Å². The van der Waals surface area contributed by atoms with Crippen LogP contribution in [0.3, 0.4) is 0 Å². The maximum Gasteiger partial charge on any atom is 0.0926 e. The normalized spacial score (nSPS) is 25.4. The highest BCUT2D eigenvalue weighted by Crippen LogP contribution is 2.23. The van der Waals surface area contributed by atoms with Gasteiger partial charge in [-0.1, -0.05) is 19.8 Å². The minimum absolute atomic E-state index is 0.155. The molecule has 0 radical (unpaired) electrons. The molecule has 1 saturated carbocycles. The van der Waals surface area contributed by atoms with E-state index < -0.39 is 0 Å². The number of aromatic nitrogens is 1. The fourth-order valence-electron chi connectivity index (χ4n) is 2.56. The highest BCUT2D eigenvalue weighted by Gasteiger charge is 2.26. The highest BCUT2D eigenvalue weighted by molar-refractivity contribution is 7.09. The van der Waals surface area contributed by atoms with E-state index in [1.165, 1.54) is 17.8 Å². The summed E-state index contributed by atoms with van der Waals surface area (Å²) in [5.41, 5.74) is 1.15. The summed E-state index contributed by atoms with van der Waals surface area (Å²) in [5.74, 6) is 0. The maximum atomic E-state index is 10.0. The van der Waals surface area contributed by atoms with Gasteiger partial charge in [0.2, 0.25) is 0 Å². The largest absolute Gasteiger partial charge is 0.391 e. The molecule has 1 fully saturated rings. The second-order valence-electron chi connectivity index (χ2n) is 4.92. The van der Waals surface area contributed by atoms with Crippen LogP contribution in [0.1, 0.15) is 43.3 Å². The fraction of sp³-hybridized carbons (Fsp3) is 0.769. The van der Waals surface area contributed by atoms with Gasteiger partial charge in [0.05, 0.1) is 16.8 Å². The maximum absolute atomic E-state index is 10.0. The molecule has 1 aliphatic carbocycles. The quantitative estimate of drug-likeness (QED) is 0.896. The molecule has 0 saturated heterocycles. The van der Waals surface area contributed by atoms with Crippen molar-refractivity contribution in [1.82, 2.24) is 9.88 Å². The first kappa shape index (κ1) is 13.0. The summed E-state index contributed by atoms with van der Waals surface area (Å²) in [6, 6.07) is 0.315. The molecule has 1 heterocycles. The summed E-state index contributed by atoms with van der Waals surface area (Å²) in [6.45, 7) is 3.00. The van der Waals surface area contributed by atoms with E-state index in [1.807, 2.05) is 0 Å². The number of rotatable bonds is 4. The molecule has 0 aliphatic heterocycles. The standard InChI is InChI=1S/C13H22N2OS/c1-3-13-14-10(9-17-13)8-15(2)11-6-4-5-7-12(11)16/h9,11-12,16H,3-8H2,1-2H3. The van der Waals surface area contributed by atoms with E-state index in [4.69, 9.17) is 0 Å². The third-order valence-electron chi connectivity index (χ3n) is 3.57. The van der Waals surface area contributed by atoms with Crippen molar-refractivity contribution in [3.05, 3.63) is 16.1 Å². The Bertz CT molecular complexity index is 353. The van der Waals surface area contributed by atoms with Gasteiger partial charge in [-0.3, -0.25) is 4.90 Å². The summed E-state index contributed by atoms with van der Waals surface area (Å²) < 4.78 is 0. The van der Waals surface area contributed by atoms with Crippen molar-refractivity contribution >= 4 is 11.3 Å². The molecule has 2 rings (SSSR count). The molecule has 0 bridgehead atoms. The van der Waals surface area contributed by atoms with E-state index in [0.29, 0.717) is 6.04 Å². The van der Waals surface area contributed by atoms with Crippen LogP contribution in [-0.2, 0) is 13.0 Å². The number of likely N-dealkylation sites (N-methyl/N-ethyl adjacent to an activating group) is 1. The van der Waals surface area contributed by atoms with Gasteiger partial charge < -0.3 is 5.11 Å². The lowest BCUT2D eigenvalue weighted by Crippen LogP contribution is -2.42. The summed E-state index contributed by atoms with van der Waals surface area (Å²) >= 11 is 1.74. The molecule has 4 heteroatoms. The zero-order valence-corrected chi connectivity index (χ0v) is 11.5. The van der Waals surface area contributed by atoms with Crippen LogP contribution in [0.25, 0.3) is 0 Å². The molecule has 0 amide bonds. The second-order valence-corrected chi connectivity index (χ2v) is 5.86. The number of hydrogen-bond donors (Lipinski definition) is 1. The van der Waals surface area contributed by atoms with Crippen LogP contribution >= 0.6 is 11.3 Å². The van der Waals surface area contributed by atoms with Gasteiger partial charge in [0.15, 0.2) is 0 Å². The molecular weight excluding hydrogens is 232 g/mol. The third kappa shape index (κ3) is 3.27. The van der Waals surface area contributed by atoms with E-state index in [0.717, 1.165) is 31.5 Å². The second kappa shape index (κ2) is 5.94. The monoisotopic (exact) mass is 254 g/mol. The smallest absolute Gasteiger partial charge is 0.0926 e. The SMILES string of the molecule is CCc1nc(CN(C)C2CCCCC2O)cs1. The van der Waals surface area contributed by atoms with Crippen LogP contribution in [-0.4, -0.2) is 34.2 Å². The molecule has 0 spiro atoms. The molecule has 1 aliphatic rings. The number of aliphatic hydroxyl groups excluding tert-OH is 1. The van der Waals surface area contributed by atoms with Gasteiger partial charge in [-0.15, -0.1) is 11.3 Å². The van der Waals surface area contributed by atoms with Gasteiger partial charge >= 0.3 is 0 Å². The molecule has 3 nitrogen and oxygen atoms in total. The van der Waals surface area contributed by atoms with Crippen molar-refractivity contribution in [2.45, 2.75) is 57.7 Å². The molecule has 2 atom stereocenters. The first-order valence-electron chi connectivity index (χ1n) is 6.52. The number of nitrogens with zero attached hydrogens (tertiary/aromatic N) is 2. The molecule has 17 heavy (non-hydrogen) atoms. The van der Waals surface area contributed by atoms with E-state index in [1.54, 1.807) is 11.3 Å². The van der Waals surface area contributed by atoms with Crippen molar-refractivity contribution in [3.8, 4) is 0 Å². The van der Waals surface area contributed by atoms with Gasteiger partial charge in [0.1, 0.15) is 0 Å². The van der Waals surface area contributed by atoms with E-state index in [2.05, 4.69) is 29.2 Å². The average molecular weight is 254 g/mol. The van der Waals surface area contributed by atoms with Gasteiger partial charge in [-0.2, -0.15) is 0 Å². The Morgan fingerprint density at radius 3 is 2.88 bits per heavy atom. The van der Waals surface area contributed by atoms with Crippen molar-refractivity contribution in [2.75, 3.05) is 7.05 Å². The topological polar surface area (TPSA) is 36.4 Å².